The largest absolute Gasteiger partial charge is 0.384 e. The molecular weight excluding hydrogens is 238 g/mol. The van der Waals surface area contributed by atoms with Gasteiger partial charge in [-0.25, -0.2) is 0 Å². The van der Waals surface area contributed by atoms with Crippen molar-refractivity contribution >= 4 is 0 Å². The van der Waals surface area contributed by atoms with Crippen molar-refractivity contribution in [2.45, 2.75) is 38.7 Å². The van der Waals surface area contributed by atoms with Gasteiger partial charge in [0.25, 0.3) is 0 Å². The number of aryl methyl sites for hydroxylation is 1. The summed E-state index contributed by atoms with van der Waals surface area (Å²) in [5.41, 5.74) is -0.0184. The summed E-state index contributed by atoms with van der Waals surface area (Å²) in [6.45, 7) is 4.80. The van der Waals surface area contributed by atoms with Crippen LogP contribution in [0.4, 0.5) is 0 Å². The Balaban J connectivity index is 2.36. The fourth-order valence-electron chi connectivity index (χ4n) is 2.72. The van der Waals surface area contributed by atoms with Crippen LogP contribution in [-0.4, -0.2) is 18.3 Å². The van der Waals surface area contributed by atoms with Gasteiger partial charge in [0.15, 0.2) is 0 Å². The lowest BCUT2D eigenvalue weighted by Crippen LogP contribution is -2.48. The monoisotopic (exact) mass is 259 g/mol. The van der Waals surface area contributed by atoms with Crippen molar-refractivity contribution in [3.8, 4) is 6.07 Å². The highest BCUT2D eigenvalue weighted by Gasteiger charge is 2.50. The molecule has 3 heteroatoms. The molecule has 2 rings (SSSR count). The molecule has 0 saturated carbocycles. The third-order valence-corrected chi connectivity index (χ3v) is 4.31. The second kappa shape index (κ2) is 5.32. The zero-order chi connectivity index (χ0) is 13.9. The predicted octanol–water partition coefficient (Wildman–Crippen LogP) is 2.78. The summed E-state index contributed by atoms with van der Waals surface area (Å²) in [5, 5.41) is 20.5. The molecular formula is C16H21NO2. The Morgan fingerprint density at radius 2 is 2.11 bits per heavy atom. The van der Waals surface area contributed by atoms with Crippen LogP contribution in [0, 0.1) is 16.7 Å². The summed E-state index contributed by atoms with van der Waals surface area (Å²) in [4.78, 5) is 0. The van der Waals surface area contributed by atoms with E-state index in [1.54, 1.807) is 6.92 Å². The Labute approximate surface area is 114 Å². The van der Waals surface area contributed by atoms with Gasteiger partial charge in [-0.05, 0) is 37.3 Å². The van der Waals surface area contributed by atoms with E-state index in [0.717, 1.165) is 18.4 Å². The minimum Gasteiger partial charge on any atom is -0.384 e. The van der Waals surface area contributed by atoms with E-state index in [0.29, 0.717) is 19.6 Å². The molecule has 0 aliphatic carbocycles. The van der Waals surface area contributed by atoms with Crippen LogP contribution in [0.5, 0.6) is 0 Å². The van der Waals surface area contributed by atoms with E-state index in [-0.39, 0.29) is 0 Å². The van der Waals surface area contributed by atoms with Gasteiger partial charge in [0.05, 0.1) is 12.7 Å². The van der Waals surface area contributed by atoms with Gasteiger partial charge in [-0.1, -0.05) is 31.2 Å². The molecule has 19 heavy (non-hydrogen) atoms. The summed E-state index contributed by atoms with van der Waals surface area (Å²) >= 11 is 0. The maximum atomic E-state index is 10.9. The second-order valence-electron chi connectivity index (χ2n) is 5.47. The molecule has 1 saturated heterocycles. The van der Waals surface area contributed by atoms with E-state index >= 15 is 0 Å². The van der Waals surface area contributed by atoms with E-state index in [2.05, 4.69) is 13.0 Å². The molecule has 2 unspecified atom stereocenters. The normalized spacial score (nSPS) is 26.4. The number of hydrogen-bond donors (Lipinski definition) is 1. The van der Waals surface area contributed by atoms with Crippen molar-refractivity contribution in [2.24, 2.45) is 5.41 Å². The van der Waals surface area contributed by atoms with E-state index < -0.39 is 11.0 Å². The Morgan fingerprint density at radius 1 is 1.42 bits per heavy atom. The van der Waals surface area contributed by atoms with Crippen molar-refractivity contribution in [1.29, 1.82) is 5.26 Å². The average molecular weight is 259 g/mol. The first kappa shape index (κ1) is 14.0. The topological polar surface area (TPSA) is 53.2 Å². The van der Waals surface area contributed by atoms with Gasteiger partial charge in [0.2, 0.25) is 0 Å². The van der Waals surface area contributed by atoms with Gasteiger partial charge >= 0.3 is 0 Å². The summed E-state index contributed by atoms with van der Waals surface area (Å²) < 4.78 is 5.45. The Morgan fingerprint density at radius 3 is 2.58 bits per heavy atom. The maximum Gasteiger partial charge on any atom is 0.113 e. The summed E-state index contributed by atoms with van der Waals surface area (Å²) in [6.07, 6.45) is 2.46. The molecule has 102 valence electrons. The molecule has 0 amide bonds. The van der Waals surface area contributed by atoms with Crippen LogP contribution in [0.25, 0.3) is 0 Å². The number of nitrogens with zero attached hydrogens (tertiary/aromatic N) is 1. The molecule has 0 bridgehead atoms. The van der Waals surface area contributed by atoms with E-state index in [4.69, 9.17) is 4.74 Å². The van der Waals surface area contributed by atoms with Gasteiger partial charge in [0, 0.05) is 6.61 Å². The fourth-order valence-corrected chi connectivity index (χ4v) is 2.72. The zero-order valence-electron chi connectivity index (χ0n) is 11.6. The van der Waals surface area contributed by atoms with Crippen molar-refractivity contribution in [2.75, 3.05) is 13.2 Å². The third kappa shape index (κ3) is 2.39. The van der Waals surface area contributed by atoms with E-state index in [1.807, 2.05) is 24.3 Å². The standard InChI is InChI=1S/C16H21NO2/c1-3-13-5-7-14(8-6-13)15(2,18)16(11-17)9-4-10-19-12-16/h5-8,18H,3-4,9-10,12H2,1-2H3. The highest BCUT2D eigenvalue weighted by Crippen LogP contribution is 2.45. The molecule has 1 aliphatic rings. The van der Waals surface area contributed by atoms with Crippen LogP contribution in [0.15, 0.2) is 24.3 Å². The quantitative estimate of drug-likeness (QED) is 0.908. The van der Waals surface area contributed by atoms with Crippen LogP contribution in [0.2, 0.25) is 0 Å². The van der Waals surface area contributed by atoms with E-state index in [1.165, 1.54) is 5.56 Å². The lowest BCUT2D eigenvalue weighted by molar-refractivity contribution is -0.113. The Kier molecular flexibility index (Phi) is 3.93. The molecule has 2 atom stereocenters. The van der Waals surface area contributed by atoms with Gasteiger partial charge < -0.3 is 9.84 Å². The summed E-state index contributed by atoms with van der Waals surface area (Å²) in [6, 6.07) is 10.2. The minimum atomic E-state index is -1.19. The molecule has 0 spiro atoms. The highest BCUT2D eigenvalue weighted by atomic mass is 16.5. The molecule has 0 radical (unpaired) electrons. The van der Waals surface area contributed by atoms with Crippen LogP contribution >= 0.6 is 0 Å². The lowest BCUT2D eigenvalue weighted by Gasteiger charge is -2.42. The molecule has 0 aromatic heterocycles. The van der Waals surface area contributed by atoms with Gasteiger partial charge in [-0.15, -0.1) is 0 Å². The van der Waals surface area contributed by atoms with Crippen LogP contribution in [0.3, 0.4) is 0 Å². The predicted molar refractivity (Wildman–Crippen MR) is 73.5 cm³/mol. The van der Waals surface area contributed by atoms with Gasteiger partial charge in [-0.3, -0.25) is 0 Å². The lowest BCUT2D eigenvalue weighted by atomic mass is 9.67. The fraction of sp³-hybridized carbons (Fsp3) is 0.562. The Hall–Kier alpha value is -1.37. The van der Waals surface area contributed by atoms with Gasteiger partial charge in [0.1, 0.15) is 11.0 Å². The summed E-state index contributed by atoms with van der Waals surface area (Å²) in [5.74, 6) is 0. The van der Waals surface area contributed by atoms with Crippen LogP contribution < -0.4 is 0 Å². The van der Waals surface area contributed by atoms with Crippen LogP contribution in [0.1, 0.15) is 37.8 Å². The molecule has 1 N–H and O–H groups in total. The average Bonchev–Trinajstić information content (AvgIpc) is 2.47. The maximum absolute atomic E-state index is 10.9. The SMILES string of the molecule is CCc1ccc(C(C)(O)C2(C#N)CCCOC2)cc1. The first-order chi connectivity index (χ1) is 9.05. The number of ether oxygens (including phenoxy) is 1. The third-order valence-electron chi connectivity index (χ3n) is 4.31. The number of benzene rings is 1. The number of hydrogen-bond acceptors (Lipinski definition) is 3. The molecule has 1 aromatic rings. The number of nitriles is 1. The molecule has 1 fully saturated rings. The van der Waals surface area contributed by atoms with Crippen molar-refractivity contribution < 1.29 is 9.84 Å². The van der Waals surface area contributed by atoms with Gasteiger partial charge in [-0.2, -0.15) is 5.26 Å². The van der Waals surface area contributed by atoms with Crippen molar-refractivity contribution in [1.82, 2.24) is 0 Å². The molecule has 3 nitrogen and oxygen atoms in total. The van der Waals surface area contributed by atoms with Crippen molar-refractivity contribution in [3.05, 3.63) is 35.4 Å². The zero-order valence-corrected chi connectivity index (χ0v) is 11.6. The number of aliphatic hydroxyl groups is 1. The smallest absolute Gasteiger partial charge is 0.113 e. The minimum absolute atomic E-state index is 0.298. The first-order valence-corrected chi connectivity index (χ1v) is 6.86. The number of rotatable bonds is 3. The molecule has 1 aliphatic heterocycles. The molecule has 1 aromatic carbocycles. The first-order valence-electron chi connectivity index (χ1n) is 6.86. The Bertz CT molecular complexity index is 465. The highest BCUT2D eigenvalue weighted by molar-refractivity contribution is 5.31. The summed E-state index contributed by atoms with van der Waals surface area (Å²) in [7, 11) is 0. The second-order valence-corrected chi connectivity index (χ2v) is 5.47. The van der Waals surface area contributed by atoms with Crippen LogP contribution in [-0.2, 0) is 16.8 Å². The molecule has 1 heterocycles. The van der Waals surface area contributed by atoms with Crippen molar-refractivity contribution in [3.63, 3.8) is 0 Å². The van der Waals surface area contributed by atoms with E-state index in [9.17, 15) is 10.4 Å².